The number of nitrogens with zero attached hydrogens (tertiary/aromatic N) is 3. The van der Waals surface area contributed by atoms with E-state index in [1.54, 1.807) is 31.6 Å². The first kappa shape index (κ1) is 12.7. The van der Waals surface area contributed by atoms with Crippen LogP contribution in [-0.4, -0.2) is 34.0 Å². The number of hydrogen-bond acceptors (Lipinski definition) is 4. The van der Waals surface area contributed by atoms with Crippen LogP contribution in [0, 0.1) is 0 Å². The van der Waals surface area contributed by atoms with E-state index in [4.69, 9.17) is 5.11 Å². The average molecular weight is 257 g/mol. The number of aromatic nitrogens is 2. The van der Waals surface area contributed by atoms with Crippen LogP contribution in [0.25, 0.3) is 0 Å². The summed E-state index contributed by atoms with van der Waals surface area (Å²) in [5.74, 6) is -1.39. The quantitative estimate of drug-likeness (QED) is 0.899. The molecule has 2 rings (SSSR count). The molecule has 0 aromatic carbocycles. The minimum atomic E-state index is -1.12. The third-order valence-electron chi connectivity index (χ3n) is 2.58. The molecule has 2 aromatic rings. The summed E-state index contributed by atoms with van der Waals surface area (Å²) in [5, 5.41) is 8.74. The van der Waals surface area contributed by atoms with Gasteiger partial charge in [-0.05, 0) is 24.3 Å². The van der Waals surface area contributed by atoms with Crippen LogP contribution in [0.15, 0.2) is 42.9 Å². The van der Waals surface area contributed by atoms with Crippen molar-refractivity contribution in [2.45, 2.75) is 0 Å². The Hall–Kier alpha value is -2.76. The minimum Gasteiger partial charge on any atom is -0.477 e. The zero-order chi connectivity index (χ0) is 13.8. The van der Waals surface area contributed by atoms with Crippen molar-refractivity contribution in [3.8, 4) is 0 Å². The topological polar surface area (TPSA) is 83.4 Å². The summed E-state index contributed by atoms with van der Waals surface area (Å²) in [6.45, 7) is 0. The molecule has 0 bridgehead atoms. The molecule has 0 saturated carbocycles. The van der Waals surface area contributed by atoms with E-state index in [-0.39, 0.29) is 11.6 Å². The Morgan fingerprint density at radius 2 is 1.84 bits per heavy atom. The lowest BCUT2D eigenvalue weighted by Gasteiger charge is -2.16. The standard InChI is InChI=1S/C13H11N3O3/c1-16(10-4-6-14-7-5-10)12(17)9-2-3-11(13(18)19)15-8-9/h2-8H,1H3,(H,18,19). The van der Waals surface area contributed by atoms with Crippen LogP contribution < -0.4 is 4.90 Å². The van der Waals surface area contributed by atoms with Crippen molar-refractivity contribution >= 4 is 17.6 Å². The summed E-state index contributed by atoms with van der Waals surface area (Å²) in [5.41, 5.74) is 0.926. The van der Waals surface area contributed by atoms with Crippen molar-refractivity contribution in [2.24, 2.45) is 0 Å². The van der Waals surface area contributed by atoms with Gasteiger partial charge in [0, 0.05) is 31.3 Å². The molecule has 19 heavy (non-hydrogen) atoms. The highest BCUT2D eigenvalue weighted by Crippen LogP contribution is 2.13. The molecule has 0 aliphatic carbocycles. The van der Waals surface area contributed by atoms with Crippen LogP contribution in [0.4, 0.5) is 5.69 Å². The van der Waals surface area contributed by atoms with Gasteiger partial charge < -0.3 is 10.0 Å². The molecular weight excluding hydrogens is 246 g/mol. The molecule has 2 heterocycles. The van der Waals surface area contributed by atoms with Gasteiger partial charge in [-0.2, -0.15) is 0 Å². The Morgan fingerprint density at radius 1 is 1.16 bits per heavy atom. The lowest BCUT2D eigenvalue weighted by Crippen LogP contribution is -2.26. The molecule has 0 aliphatic rings. The number of hydrogen-bond donors (Lipinski definition) is 1. The molecule has 2 aromatic heterocycles. The van der Waals surface area contributed by atoms with Gasteiger partial charge in [0.15, 0.2) is 0 Å². The van der Waals surface area contributed by atoms with Crippen molar-refractivity contribution in [3.05, 3.63) is 54.1 Å². The zero-order valence-electron chi connectivity index (χ0n) is 10.1. The highest BCUT2D eigenvalue weighted by Gasteiger charge is 2.14. The molecule has 6 nitrogen and oxygen atoms in total. The van der Waals surface area contributed by atoms with Crippen LogP contribution in [0.1, 0.15) is 20.8 Å². The number of carbonyl (C=O) groups excluding carboxylic acids is 1. The summed E-state index contributed by atoms with van der Waals surface area (Å²) < 4.78 is 0. The number of carboxylic acid groups (broad SMARTS) is 1. The SMILES string of the molecule is CN(C(=O)c1ccc(C(=O)O)nc1)c1ccncc1. The van der Waals surface area contributed by atoms with E-state index >= 15 is 0 Å². The maximum absolute atomic E-state index is 12.1. The largest absolute Gasteiger partial charge is 0.477 e. The van der Waals surface area contributed by atoms with Gasteiger partial charge in [-0.25, -0.2) is 9.78 Å². The van der Waals surface area contributed by atoms with E-state index < -0.39 is 5.97 Å². The second-order valence-electron chi connectivity index (χ2n) is 3.81. The first-order chi connectivity index (χ1) is 9.09. The number of carbonyl (C=O) groups is 2. The number of carboxylic acids is 1. The fourth-order valence-corrected chi connectivity index (χ4v) is 1.53. The highest BCUT2D eigenvalue weighted by molar-refractivity contribution is 6.05. The van der Waals surface area contributed by atoms with Gasteiger partial charge in [0.05, 0.1) is 5.56 Å². The smallest absolute Gasteiger partial charge is 0.354 e. The van der Waals surface area contributed by atoms with Gasteiger partial charge in [0.1, 0.15) is 5.69 Å². The van der Waals surface area contributed by atoms with Crippen molar-refractivity contribution in [3.63, 3.8) is 0 Å². The molecule has 6 heteroatoms. The third-order valence-corrected chi connectivity index (χ3v) is 2.58. The summed E-state index contributed by atoms with van der Waals surface area (Å²) in [7, 11) is 1.63. The van der Waals surface area contributed by atoms with Crippen molar-refractivity contribution < 1.29 is 14.7 Å². The van der Waals surface area contributed by atoms with Crippen LogP contribution in [0.5, 0.6) is 0 Å². The van der Waals surface area contributed by atoms with Crippen molar-refractivity contribution in [2.75, 3.05) is 11.9 Å². The average Bonchev–Trinajstić information content (AvgIpc) is 2.46. The van der Waals surface area contributed by atoms with Gasteiger partial charge in [-0.15, -0.1) is 0 Å². The minimum absolute atomic E-state index is 0.0943. The molecule has 0 radical (unpaired) electrons. The number of amides is 1. The first-order valence-corrected chi connectivity index (χ1v) is 5.47. The second kappa shape index (κ2) is 5.26. The fraction of sp³-hybridized carbons (Fsp3) is 0.0769. The third kappa shape index (κ3) is 2.74. The molecule has 0 saturated heterocycles. The molecular formula is C13H11N3O3. The maximum atomic E-state index is 12.1. The van der Waals surface area contributed by atoms with E-state index in [1.807, 2.05) is 0 Å². The van der Waals surface area contributed by atoms with Gasteiger partial charge in [0.2, 0.25) is 0 Å². The Morgan fingerprint density at radius 3 is 2.37 bits per heavy atom. The molecule has 0 atom stereocenters. The Balaban J connectivity index is 2.22. The summed E-state index contributed by atoms with van der Waals surface area (Å²) in [6.07, 6.45) is 4.43. The van der Waals surface area contributed by atoms with Crippen LogP contribution >= 0.6 is 0 Å². The first-order valence-electron chi connectivity index (χ1n) is 5.47. The molecule has 1 amide bonds. The lowest BCUT2D eigenvalue weighted by atomic mass is 10.2. The van der Waals surface area contributed by atoms with E-state index in [2.05, 4.69) is 9.97 Å². The summed E-state index contributed by atoms with van der Waals surface area (Å²) in [6, 6.07) is 6.15. The van der Waals surface area contributed by atoms with Crippen LogP contribution in [0.2, 0.25) is 0 Å². The number of aromatic carboxylic acids is 1. The van der Waals surface area contributed by atoms with Crippen molar-refractivity contribution in [1.82, 2.24) is 9.97 Å². The predicted molar refractivity (Wildman–Crippen MR) is 68.2 cm³/mol. The molecule has 0 unspecified atom stereocenters. The predicted octanol–water partition coefficient (Wildman–Crippen LogP) is 1.45. The summed E-state index contributed by atoms with van der Waals surface area (Å²) >= 11 is 0. The van der Waals surface area contributed by atoms with Gasteiger partial charge in [-0.3, -0.25) is 9.78 Å². The highest BCUT2D eigenvalue weighted by atomic mass is 16.4. The fourth-order valence-electron chi connectivity index (χ4n) is 1.53. The number of rotatable bonds is 3. The van der Waals surface area contributed by atoms with Gasteiger partial charge in [-0.1, -0.05) is 0 Å². The lowest BCUT2D eigenvalue weighted by molar-refractivity contribution is 0.0690. The number of pyridine rings is 2. The van der Waals surface area contributed by atoms with E-state index in [9.17, 15) is 9.59 Å². The molecule has 0 aliphatic heterocycles. The molecule has 1 N–H and O–H groups in total. The van der Waals surface area contributed by atoms with E-state index in [1.165, 1.54) is 23.2 Å². The van der Waals surface area contributed by atoms with E-state index in [0.29, 0.717) is 11.3 Å². The molecule has 0 spiro atoms. The Kier molecular flexibility index (Phi) is 3.51. The molecule has 96 valence electrons. The van der Waals surface area contributed by atoms with Gasteiger partial charge >= 0.3 is 5.97 Å². The number of anilines is 1. The van der Waals surface area contributed by atoms with Gasteiger partial charge in [0.25, 0.3) is 5.91 Å². The Labute approximate surface area is 109 Å². The van der Waals surface area contributed by atoms with Crippen LogP contribution in [0.3, 0.4) is 0 Å². The summed E-state index contributed by atoms with van der Waals surface area (Å²) in [4.78, 5) is 31.9. The zero-order valence-corrected chi connectivity index (χ0v) is 10.1. The van der Waals surface area contributed by atoms with Crippen LogP contribution in [-0.2, 0) is 0 Å². The van der Waals surface area contributed by atoms with Crippen molar-refractivity contribution in [1.29, 1.82) is 0 Å². The second-order valence-corrected chi connectivity index (χ2v) is 3.81. The Bertz CT molecular complexity index is 596. The maximum Gasteiger partial charge on any atom is 0.354 e. The van der Waals surface area contributed by atoms with E-state index in [0.717, 1.165) is 0 Å². The molecule has 0 fully saturated rings. The monoisotopic (exact) mass is 257 g/mol. The normalized spacial score (nSPS) is 9.95.